The van der Waals surface area contributed by atoms with Crippen LogP contribution in [0.3, 0.4) is 0 Å². The third kappa shape index (κ3) is 58.8. The number of ether oxygens (including phenoxy) is 4. The number of aliphatic hydroxyl groups excluding tert-OH is 1. The van der Waals surface area contributed by atoms with Crippen LogP contribution in [0.5, 0.6) is 0 Å². The lowest BCUT2D eigenvalue weighted by Gasteiger charge is -2.21. The first-order valence-corrected chi connectivity index (χ1v) is 36.6. The Hall–Kier alpha value is -1.94. The number of esters is 4. The van der Waals surface area contributed by atoms with E-state index in [1.54, 1.807) is 0 Å². The molecule has 17 nitrogen and oxygen atoms in total. The highest BCUT2D eigenvalue weighted by molar-refractivity contribution is 7.47. The van der Waals surface area contributed by atoms with Crippen LogP contribution in [-0.2, 0) is 65.4 Å². The van der Waals surface area contributed by atoms with Gasteiger partial charge in [-0.05, 0) is 31.6 Å². The molecule has 0 amide bonds. The normalized spacial score (nSPS) is 14.2. The smallest absolute Gasteiger partial charge is 0.462 e. The molecule has 0 spiro atoms. The Labute approximate surface area is 505 Å². The molecule has 492 valence electrons. The molecule has 2 unspecified atom stereocenters. The lowest BCUT2D eigenvalue weighted by Crippen LogP contribution is -2.30. The summed E-state index contributed by atoms with van der Waals surface area (Å²) in [5.41, 5.74) is 0. The van der Waals surface area contributed by atoms with Gasteiger partial charge in [-0.3, -0.25) is 37.3 Å². The van der Waals surface area contributed by atoms with Crippen molar-refractivity contribution >= 4 is 39.5 Å². The molecular weight excluding hydrogens is 1100 g/mol. The fourth-order valence-electron chi connectivity index (χ4n) is 9.58. The van der Waals surface area contributed by atoms with Crippen LogP contribution < -0.4 is 0 Å². The minimum Gasteiger partial charge on any atom is -0.462 e. The van der Waals surface area contributed by atoms with Gasteiger partial charge in [0.05, 0.1) is 26.4 Å². The second-order valence-corrected chi connectivity index (χ2v) is 26.5. The van der Waals surface area contributed by atoms with Gasteiger partial charge in [-0.25, -0.2) is 9.13 Å². The Kier molecular flexibility index (Phi) is 56.4. The molecule has 0 aliphatic rings. The van der Waals surface area contributed by atoms with Gasteiger partial charge in [0.2, 0.25) is 0 Å². The van der Waals surface area contributed by atoms with Gasteiger partial charge >= 0.3 is 39.5 Å². The summed E-state index contributed by atoms with van der Waals surface area (Å²) in [7, 11) is -9.88. The molecule has 0 heterocycles. The fourth-order valence-corrected chi connectivity index (χ4v) is 11.2. The maximum Gasteiger partial charge on any atom is 0.472 e. The zero-order chi connectivity index (χ0) is 61.3. The number of phosphoric acid groups is 2. The van der Waals surface area contributed by atoms with Crippen LogP contribution in [0.2, 0.25) is 0 Å². The third-order valence-corrected chi connectivity index (χ3v) is 16.7. The Morgan fingerprint density at radius 2 is 0.554 bits per heavy atom. The molecule has 0 aromatic heterocycles. The highest BCUT2D eigenvalue weighted by Gasteiger charge is 2.30. The second kappa shape index (κ2) is 57.8. The Balaban J connectivity index is 5.21. The molecule has 0 bridgehead atoms. The van der Waals surface area contributed by atoms with Crippen molar-refractivity contribution in [1.82, 2.24) is 0 Å². The number of hydrogen-bond donors (Lipinski definition) is 3. The van der Waals surface area contributed by atoms with Gasteiger partial charge < -0.3 is 33.8 Å². The van der Waals surface area contributed by atoms with Crippen molar-refractivity contribution in [3.8, 4) is 0 Å². The number of unbranched alkanes of at least 4 members (excludes halogenated alkanes) is 36. The van der Waals surface area contributed by atoms with Gasteiger partial charge in [0.1, 0.15) is 19.3 Å². The van der Waals surface area contributed by atoms with Crippen molar-refractivity contribution in [3.63, 3.8) is 0 Å². The van der Waals surface area contributed by atoms with Gasteiger partial charge in [-0.15, -0.1) is 0 Å². The predicted octanol–water partition coefficient (Wildman–Crippen LogP) is 17.8. The number of carbonyl (C=O) groups is 4. The van der Waals surface area contributed by atoms with E-state index < -0.39 is 97.5 Å². The van der Waals surface area contributed by atoms with Crippen LogP contribution in [-0.4, -0.2) is 96.7 Å². The predicted molar refractivity (Wildman–Crippen MR) is 331 cm³/mol. The summed E-state index contributed by atoms with van der Waals surface area (Å²) >= 11 is 0. The van der Waals surface area contributed by atoms with E-state index in [9.17, 15) is 43.2 Å². The SMILES string of the molecule is CCCCCCCCCCCCCCCCC(=O)O[C@H](COC(=O)CCCCCCCCCCC(C)C)COP(=O)(O)OC[C@@H](O)COP(=O)(O)OC[C@@H](COC(=O)CCCCCCCCC)OC(=O)CCCCCCCCCCCCC. The molecule has 3 N–H and O–H groups in total. The standard InChI is InChI=1S/C64H124O17P2/c1-6-9-12-15-18-20-22-23-24-26-28-35-40-45-50-64(69)81-60(54-75-62(67)48-43-38-33-30-29-32-36-41-46-57(4)5)56-79-83(72,73)77-52-58(65)51-76-82(70,71)78-55-59(53-74-61(66)47-42-37-31-17-14-11-8-3)80-63(68)49-44-39-34-27-25-21-19-16-13-10-7-2/h57-60,65H,6-56H2,1-5H3,(H,70,71)(H,72,73)/t58-,59+,60+/m0/s1. The molecule has 0 aromatic carbocycles. The first kappa shape index (κ1) is 81.1. The van der Waals surface area contributed by atoms with Crippen molar-refractivity contribution < 1.29 is 80.2 Å². The van der Waals surface area contributed by atoms with Crippen LogP contribution in [0.15, 0.2) is 0 Å². The zero-order valence-electron chi connectivity index (χ0n) is 53.3. The summed E-state index contributed by atoms with van der Waals surface area (Å²) in [5.74, 6) is -1.41. The van der Waals surface area contributed by atoms with Gasteiger partial charge in [0.15, 0.2) is 12.2 Å². The average Bonchev–Trinajstić information content (AvgIpc) is 3.45. The van der Waals surface area contributed by atoms with Crippen LogP contribution >= 0.6 is 15.6 Å². The van der Waals surface area contributed by atoms with Crippen molar-refractivity contribution in [1.29, 1.82) is 0 Å². The lowest BCUT2D eigenvalue weighted by molar-refractivity contribution is -0.161. The molecule has 0 saturated heterocycles. The molecule has 83 heavy (non-hydrogen) atoms. The maximum atomic E-state index is 13.0. The van der Waals surface area contributed by atoms with Crippen LogP contribution in [0.25, 0.3) is 0 Å². The van der Waals surface area contributed by atoms with E-state index >= 15 is 0 Å². The van der Waals surface area contributed by atoms with Crippen molar-refractivity contribution in [2.75, 3.05) is 39.6 Å². The first-order chi connectivity index (χ1) is 40.0. The van der Waals surface area contributed by atoms with E-state index in [0.29, 0.717) is 25.7 Å². The van der Waals surface area contributed by atoms with Gasteiger partial charge in [0.25, 0.3) is 0 Å². The Morgan fingerprint density at radius 1 is 0.325 bits per heavy atom. The summed E-state index contributed by atoms with van der Waals surface area (Å²) in [4.78, 5) is 72.1. The monoisotopic (exact) mass is 1230 g/mol. The Morgan fingerprint density at radius 3 is 0.819 bits per heavy atom. The molecule has 19 heteroatoms. The van der Waals surface area contributed by atoms with E-state index in [4.69, 9.17) is 37.0 Å². The Bertz CT molecular complexity index is 1620. The van der Waals surface area contributed by atoms with E-state index in [2.05, 4.69) is 34.6 Å². The van der Waals surface area contributed by atoms with E-state index in [0.717, 1.165) is 109 Å². The summed E-state index contributed by atoms with van der Waals surface area (Å²) < 4.78 is 67.9. The molecule has 0 aliphatic heterocycles. The van der Waals surface area contributed by atoms with Crippen molar-refractivity contribution in [2.45, 2.75) is 342 Å². The molecule has 5 atom stereocenters. The quantitative estimate of drug-likeness (QED) is 0.0222. The number of aliphatic hydroxyl groups is 1. The van der Waals surface area contributed by atoms with E-state index in [1.165, 1.54) is 135 Å². The van der Waals surface area contributed by atoms with Crippen LogP contribution in [0.4, 0.5) is 0 Å². The summed E-state index contributed by atoms with van der Waals surface area (Å²) in [6.45, 7) is 7.12. The summed E-state index contributed by atoms with van der Waals surface area (Å²) in [5, 5.41) is 10.5. The maximum absolute atomic E-state index is 13.0. The second-order valence-electron chi connectivity index (χ2n) is 23.6. The fraction of sp³-hybridized carbons (Fsp3) is 0.938. The van der Waals surface area contributed by atoms with E-state index in [-0.39, 0.29) is 25.7 Å². The zero-order valence-corrected chi connectivity index (χ0v) is 55.1. The number of phosphoric ester groups is 2. The third-order valence-electron chi connectivity index (χ3n) is 14.8. The largest absolute Gasteiger partial charge is 0.472 e. The minimum absolute atomic E-state index is 0.107. The number of hydrogen-bond acceptors (Lipinski definition) is 15. The lowest BCUT2D eigenvalue weighted by atomic mass is 10.0. The highest BCUT2D eigenvalue weighted by atomic mass is 31.2. The molecule has 0 aliphatic carbocycles. The molecular formula is C64H124O17P2. The van der Waals surface area contributed by atoms with Crippen LogP contribution in [0, 0.1) is 5.92 Å². The summed E-state index contributed by atoms with van der Waals surface area (Å²) in [6, 6.07) is 0. The molecule has 0 radical (unpaired) electrons. The molecule has 0 saturated carbocycles. The molecule has 0 rings (SSSR count). The van der Waals surface area contributed by atoms with Gasteiger partial charge in [0, 0.05) is 25.7 Å². The minimum atomic E-state index is -4.94. The number of rotatable bonds is 64. The van der Waals surface area contributed by atoms with Gasteiger partial charge in [-0.2, -0.15) is 0 Å². The number of carbonyl (C=O) groups excluding carboxylic acids is 4. The summed E-state index contributed by atoms with van der Waals surface area (Å²) in [6.07, 6.45) is 41.7. The molecule has 0 fully saturated rings. The average molecular weight is 1230 g/mol. The van der Waals surface area contributed by atoms with E-state index in [1.807, 2.05) is 0 Å². The van der Waals surface area contributed by atoms with Crippen LogP contribution in [0.1, 0.15) is 324 Å². The van der Waals surface area contributed by atoms with Crippen molar-refractivity contribution in [3.05, 3.63) is 0 Å². The van der Waals surface area contributed by atoms with Gasteiger partial charge in [-0.1, -0.05) is 272 Å². The highest BCUT2D eigenvalue weighted by Crippen LogP contribution is 2.45. The van der Waals surface area contributed by atoms with Crippen molar-refractivity contribution in [2.24, 2.45) is 5.92 Å². The topological polar surface area (TPSA) is 237 Å². The molecule has 0 aromatic rings. The first-order valence-electron chi connectivity index (χ1n) is 33.6.